The lowest BCUT2D eigenvalue weighted by atomic mass is 10.2. The van der Waals surface area contributed by atoms with Gasteiger partial charge in [0.1, 0.15) is 11.5 Å². The third-order valence-corrected chi connectivity index (χ3v) is 5.44. The van der Waals surface area contributed by atoms with Crippen LogP contribution in [-0.4, -0.2) is 23.9 Å². The first-order valence-corrected chi connectivity index (χ1v) is 9.98. The first kappa shape index (κ1) is 19.7. The Balaban J connectivity index is 1.81. The summed E-state index contributed by atoms with van der Waals surface area (Å²) in [5, 5.41) is 0.427. The molecule has 0 saturated carbocycles. The molecule has 1 fully saturated rings. The van der Waals surface area contributed by atoms with Gasteiger partial charge in [0, 0.05) is 0 Å². The molecule has 1 amide bonds. The third kappa shape index (κ3) is 4.46. The Morgan fingerprint density at radius 1 is 1.22 bits per heavy atom. The predicted molar refractivity (Wildman–Crippen MR) is 116 cm³/mol. The van der Waals surface area contributed by atoms with Gasteiger partial charge in [-0.05, 0) is 48.4 Å². The van der Waals surface area contributed by atoms with Crippen LogP contribution in [0.25, 0.3) is 6.08 Å². The van der Waals surface area contributed by atoms with E-state index in [-0.39, 0.29) is 5.91 Å². The number of ether oxygens (including phenoxy) is 2. The number of methoxy groups -OCH3 is 1. The SMILES string of the molecule is CCCOc1ccc(/C=C2\SC(=S)N(c3ccc(OC)c(Cl)c3)C2=O)cc1. The highest BCUT2D eigenvalue weighted by molar-refractivity contribution is 8.27. The molecule has 0 aromatic heterocycles. The van der Waals surface area contributed by atoms with Crippen molar-refractivity contribution in [3.8, 4) is 11.5 Å². The number of carbonyl (C=O) groups is 1. The van der Waals surface area contributed by atoms with Crippen LogP contribution in [0.4, 0.5) is 5.69 Å². The molecule has 0 atom stereocenters. The van der Waals surface area contributed by atoms with Gasteiger partial charge in [-0.2, -0.15) is 0 Å². The number of hydrogen-bond donors (Lipinski definition) is 0. The smallest absolute Gasteiger partial charge is 0.270 e. The summed E-state index contributed by atoms with van der Waals surface area (Å²) in [6.45, 7) is 2.74. The molecule has 1 aliphatic heterocycles. The molecule has 140 valence electrons. The fourth-order valence-electron chi connectivity index (χ4n) is 2.52. The maximum Gasteiger partial charge on any atom is 0.270 e. The molecule has 4 nitrogen and oxygen atoms in total. The van der Waals surface area contributed by atoms with E-state index in [4.69, 9.17) is 33.3 Å². The van der Waals surface area contributed by atoms with Crippen LogP contribution in [0.15, 0.2) is 47.4 Å². The van der Waals surface area contributed by atoms with Crippen LogP contribution in [0.2, 0.25) is 5.02 Å². The number of hydrogen-bond acceptors (Lipinski definition) is 5. The number of thiocarbonyl (C=S) groups is 1. The second kappa shape index (κ2) is 8.78. The summed E-state index contributed by atoms with van der Waals surface area (Å²) in [5.74, 6) is 1.19. The molecule has 0 bridgehead atoms. The van der Waals surface area contributed by atoms with Crippen molar-refractivity contribution in [2.45, 2.75) is 13.3 Å². The van der Waals surface area contributed by atoms with Crippen LogP contribution in [-0.2, 0) is 4.79 Å². The Labute approximate surface area is 173 Å². The lowest BCUT2D eigenvalue weighted by Crippen LogP contribution is -2.27. The maximum absolute atomic E-state index is 12.8. The minimum atomic E-state index is -0.169. The molecular formula is C20H18ClNO3S2. The molecule has 0 N–H and O–H groups in total. The zero-order chi connectivity index (χ0) is 19.4. The topological polar surface area (TPSA) is 38.8 Å². The molecule has 2 aromatic carbocycles. The molecule has 0 aliphatic carbocycles. The van der Waals surface area contributed by atoms with E-state index in [1.165, 1.54) is 16.7 Å². The minimum absolute atomic E-state index is 0.169. The molecule has 1 aliphatic rings. The van der Waals surface area contributed by atoms with Gasteiger partial charge in [0.2, 0.25) is 0 Å². The average Bonchev–Trinajstić information content (AvgIpc) is 2.94. The zero-order valence-corrected chi connectivity index (χ0v) is 17.3. The quantitative estimate of drug-likeness (QED) is 0.453. The van der Waals surface area contributed by atoms with E-state index in [0.717, 1.165) is 17.7 Å². The highest BCUT2D eigenvalue weighted by Gasteiger charge is 2.33. The minimum Gasteiger partial charge on any atom is -0.495 e. The Bertz CT molecular complexity index is 897. The van der Waals surface area contributed by atoms with Crippen LogP contribution in [0.5, 0.6) is 11.5 Å². The maximum atomic E-state index is 12.8. The normalized spacial score (nSPS) is 15.5. The molecule has 0 radical (unpaired) electrons. The van der Waals surface area contributed by atoms with Crippen molar-refractivity contribution >= 4 is 57.6 Å². The first-order chi connectivity index (χ1) is 13.0. The highest BCUT2D eigenvalue weighted by atomic mass is 35.5. The summed E-state index contributed by atoms with van der Waals surface area (Å²) in [4.78, 5) is 14.9. The fraction of sp³-hybridized carbons (Fsp3) is 0.200. The van der Waals surface area contributed by atoms with Gasteiger partial charge in [-0.1, -0.05) is 54.6 Å². The van der Waals surface area contributed by atoms with E-state index in [1.54, 1.807) is 25.3 Å². The molecule has 7 heteroatoms. The van der Waals surface area contributed by atoms with Crippen molar-refractivity contribution in [3.63, 3.8) is 0 Å². The fourth-order valence-corrected chi connectivity index (χ4v) is 4.07. The van der Waals surface area contributed by atoms with Crippen molar-refractivity contribution < 1.29 is 14.3 Å². The van der Waals surface area contributed by atoms with E-state index in [2.05, 4.69) is 6.92 Å². The van der Waals surface area contributed by atoms with E-state index in [0.29, 0.717) is 32.3 Å². The summed E-state index contributed by atoms with van der Waals surface area (Å²) >= 11 is 12.8. The summed E-state index contributed by atoms with van der Waals surface area (Å²) < 4.78 is 11.2. The van der Waals surface area contributed by atoms with Gasteiger partial charge in [0.25, 0.3) is 5.91 Å². The van der Waals surface area contributed by atoms with Gasteiger partial charge >= 0.3 is 0 Å². The Morgan fingerprint density at radius 3 is 2.59 bits per heavy atom. The number of halogens is 1. The van der Waals surface area contributed by atoms with Gasteiger partial charge in [-0.15, -0.1) is 0 Å². The van der Waals surface area contributed by atoms with E-state index >= 15 is 0 Å². The van der Waals surface area contributed by atoms with Crippen molar-refractivity contribution in [2.24, 2.45) is 0 Å². The molecule has 1 heterocycles. The lowest BCUT2D eigenvalue weighted by molar-refractivity contribution is -0.113. The molecule has 0 unspecified atom stereocenters. The van der Waals surface area contributed by atoms with Crippen LogP contribution in [0.1, 0.15) is 18.9 Å². The number of amides is 1. The number of anilines is 1. The predicted octanol–water partition coefficient (Wildman–Crippen LogP) is 5.54. The third-order valence-electron chi connectivity index (χ3n) is 3.84. The molecular weight excluding hydrogens is 402 g/mol. The Hall–Kier alpha value is -2.02. The second-order valence-electron chi connectivity index (χ2n) is 5.75. The van der Waals surface area contributed by atoms with Crippen LogP contribution >= 0.6 is 35.6 Å². The molecule has 27 heavy (non-hydrogen) atoms. The Morgan fingerprint density at radius 2 is 1.96 bits per heavy atom. The van der Waals surface area contributed by atoms with E-state index < -0.39 is 0 Å². The lowest BCUT2D eigenvalue weighted by Gasteiger charge is -2.15. The van der Waals surface area contributed by atoms with Crippen molar-refractivity contribution in [1.82, 2.24) is 0 Å². The van der Waals surface area contributed by atoms with E-state index in [9.17, 15) is 4.79 Å². The number of benzene rings is 2. The van der Waals surface area contributed by atoms with Gasteiger partial charge in [-0.3, -0.25) is 9.69 Å². The van der Waals surface area contributed by atoms with Gasteiger partial charge in [0.15, 0.2) is 4.32 Å². The standard InChI is InChI=1S/C20H18ClNO3S2/c1-3-10-25-15-7-4-13(5-8-15)11-18-19(23)22(20(26)27-18)14-6-9-17(24-2)16(21)12-14/h4-9,11-12H,3,10H2,1-2H3/b18-11-. The van der Waals surface area contributed by atoms with Gasteiger partial charge in [-0.25, -0.2) is 0 Å². The van der Waals surface area contributed by atoms with Crippen LogP contribution < -0.4 is 14.4 Å². The molecule has 1 saturated heterocycles. The average molecular weight is 420 g/mol. The summed E-state index contributed by atoms with van der Waals surface area (Å²) in [6.07, 6.45) is 2.79. The summed E-state index contributed by atoms with van der Waals surface area (Å²) in [5.41, 5.74) is 1.53. The Kier molecular flexibility index (Phi) is 6.42. The van der Waals surface area contributed by atoms with Crippen LogP contribution in [0, 0.1) is 0 Å². The second-order valence-corrected chi connectivity index (χ2v) is 7.84. The monoisotopic (exact) mass is 419 g/mol. The molecule has 3 rings (SSSR count). The van der Waals surface area contributed by atoms with Crippen LogP contribution in [0.3, 0.4) is 0 Å². The number of carbonyl (C=O) groups excluding carboxylic acids is 1. The largest absolute Gasteiger partial charge is 0.495 e. The molecule has 2 aromatic rings. The van der Waals surface area contributed by atoms with Gasteiger partial charge < -0.3 is 9.47 Å². The zero-order valence-electron chi connectivity index (χ0n) is 14.9. The summed E-state index contributed by atoms with van der Waals surface area (Å²) in [6, 6.07) is 12.8. The molecule has 0 spiro atoms. The van der Waals surface area contributed by atoms with Gasteiger partial charge in [0.05, 0.1) is 29.3 Å². The van der Waals surface area contributed by atoms with Crippen molar-refractivity contribution in [2.75, 3.05) is 18.6 Å². The summed E-state index contributed by atoms with van der Waals surface area (Å²) in [7, 11) is 1.54. The first-order valence-electron chi connectivity index (χ1n) is 8.38. The highest BCUT2D eigenvalue weighted by Crippen LogP contribution is 2.38. The van der Waals surface area contributed by atoms with E-state index in [1.807, 2.05) is 30.3 Å². The van der Waals surface area contributed by atoms with Crippen molar-refractivity contribution in [3.05, 3.63) is 58.0 Å². The number of thioether (sulfide) groups is 1. The van der Waals surface area contributed by atoms with Crippen molar-refractivity contribution in [1.29, 1.82) is 0 Å². The number of rotatable bonds is 6. The number of nitrogens with zero attached hydrogens (tertiary/aromatic N) is 1.